The maximum atomic E-state index is 10.9. The molecule has 1 aromatic heterocycles. The van der Waals surface area contributed by atoms with Crippen LogP contribution in [0.4, 0.5) is 0 Å². The van der Waals surface area contributed by atoms with Crippen LogP contribution in [-0.4, -0.2) is 20.5 Å². The van der Waals surface area contributed by atoms with E-state index in [0.717, 1.165) is 61.3 Å². The van der Waals surface area contributed by atoms with Gasteiger partial charge in [-0.2, -0.15) is 10.4 Å². The molecule has 0 amide bonds. The Hall–Kier alpha value is -1.34. The number of nitrogens with zero attached hydrogens (tertiary/aromatic N) is 3. The molecule has 4 aliphatic rings. The van der Waals surface area contributed by atoms with E-state index in [1.54, 1.807) is 0 Å². The summed E-state index contributed by atoms with van der Waals surface area (Å²) in [4.78, 5) is 0. The van der Waals surface area contributed by atoms with Crippen LogP contribution in [-0.2, 0) is 6.54 Å². The summed E-state index contributed by atoms with van der Waals surface area (Å²) >= 11 is 0. The Kier molecular flexibility index (Phi) is 5.48. The van der Waals surface area contributed by atoms with Gasteiger partial charge in [0.15, 0.2) is 5.69 Å². The fraction of sp³-hybridized carbons (Fsp3) is 0.852. The normalized spacial score (nSPS) is 45.3. The summed E-state index contributed by atoms with van der Waals surface area (Å²) in [6.45, 7) is 8.14. The molecule has 0 saturated heterocycles. The van der Waals surface area contributed by atoms with Crippen LogP contribution in [0.25, 0.3) is 0 Å². The SMILES string of the molecule is CC[C@@]1(O)CC[C@H]2[C@H](CC[C@@H]3[C@@H]2CC[C@]2(C)[C@@H]([C@H](C)Cn4ccc(C#N)n4)CC[C@@H]32)C1. The van der Waals surface area contributed by atoms with Crippen LogP contribution in [0.5, 0.6) is 0 Å². The van der Waals surface area contributed by atoms with Crippen molar-refractivity contribution in [3.05, 3.63) is 18.0 Å². The second-order valence-electron chi connectivity index (χ2n) is 12.0. The standard InChI is InChI=1S/C27H41N3O/c1-4-27(31)13-10-21-19(15-27)5-6-23-22(21)9-12-26(3)24(7-8-25(23)26)18(2)17-30-14-11-20(16-28)29-30/h11,14,18-19,21-25,31H,4-10,12-13,15,17H2,1-3H3/t18-,19-,21+,22-,23-,24-,25+,26-,27-/m1/s1. The lowest BCUT2D eigenvalue weighted by Gasteiger charge is -2.57. The predicted molar refractivity (Wildman–Crippen MR) is 122 cm³/mol. The number of fused-ring (bicyclic) bond motifs is 5. The van der Waals surface area contributed by atoms with Gasteiger partial charge in [0.1, 0.15) is 6.07 Å². The lowest BCUT2D eigenvalue weighted by atomic mass is 9.48. The van der Waals surface area contributed by atoms with Crippen LogP contribution < -0.4 is 0 Å². The highest BCUT2D eigenvalue weighted by Crippen LogP contribution is 2.65. The third-order valence-electron chi connectivity index (χ3n) is 10.8. The first-order valence-electron chi connectivity index (χ1n) is 13.0. The first-order chi connectivity index (χ1) is 14.9. The van der Waals surface area contributed by atoms with Crippen LogP contribution in [0, 0.1) is 58.2 Å². The van der Waals surface area contributed by atoms with E-state index in [1.165, 1.54) is 44.9 Å². The number of nitriles is 1. The molecule has 0 radical (unpaired) electrons. The van der Waals surface area contributed by atoms with Gasteiger partial charge in [0.05, 0.1) is 5.60 Å². The molecule has 170 valence electrons. The molecular weight excluding hydrogens is 382 g/mol. The van der Waals surface area contributed by atoms with E-state index in [2.05, 4.69) is 31.9 Å². The Morgan fingerprint density at radius 3 is 2.71 bits per heavy atom. The Morgan fingerprint density at radius 2 is 1.97 bits per heavy atom. The first kappa shape index (κ1) is 21.5. The van der Waals surface area contributed by atoms with Crippen LogP contribution in [0.3, 0.4) is 0 Å². The van der Waals surface area contributed by atoms with Crippen molar-refractivity contribution < 1.29 is 5.11 Å². The topological polar surface area (TPSA) is 61.8 Å². The largest absolute Gasteiger partial charge is 0.390 e. The van der Waals surface area contributed by atoms with Crippen molar-refractivity contribution in [1.29, 1.82) is 5.26 Å². The van der Waals surface area contributed by atoms with Gasteiger partial charge in [0, 0.05) is 12.7 Å². The Bertz CT molecular complexity index is 842. The summed E-state index contributed by atoms with van der Waals surface area (Å²) in [7, 11) is 0. The zero-order valence-electron chi connectivity index (χ0n) is 19.8. The molecule has 1 N–H and O–H groups in total. The van der Waals surface area contributed by atoms with E-state index >= 15 is 0 Å². The molecule has 9 atom stereocenters. The van der Waals surface area contributed by atoms with Crippen molar-refractivity contribution in [1.82, 2.24) is 9.78 Å². The summed E-state index contributed by atoms with van der Waals surface area (Å²) in [5.41, 5.74) is 0.628. The fourth-order valence-corrected chi connectivity index (χ4v) is 9.20. The number of aromatic nitrogens is 2. The van der Waals surface area contributed by atoms with Gasteiger partial charge in [-0.05, 0) is 117 Å². The predicted octanol–water partition coefficient (Wildman–Crippen LogP) is 5.80. The highest BCUT2D eigenvalue weighted by atomic mass is 16.3. The molecular formula is C27H41N3O. The van der Waals surface area contributed by atoms with Crippen LogP contribution in [0.2, 0.25) is 0 Å². The number of rotatable bonds is 4. The second kappa shape index (κ2) is 7.91. The van der Waals surface area contributed by atoms with Crippen molar-refractivity contribution in [3.63, 3.8) is 0 Å². The molecule has 31 heavy (non-hydrogen) atoms. The molecule has 4 aliphatic carbocycles. The molecule has 1 heterocycles. The van der Waals surface area contributed by atoms with Gasteiger partial charge in [0.2, 0.25) is 0 Å². The number of hydrogen-bond acceptors (Lipinski definition) is 3. The van der Waals surface area contributed by atoms with Crippen molar-refractivity contribution >= 4 is 0 Å². The van der Waals surface area contributed by atoms with E-state index in [0.29, 0.717) is 17.0 Å². The van der Waals surface area contributed by atoms with Crippen LogP contribution in [0.1, 0.15) is 90.7 Å². The summed E-state index contributed by atoms with van der Waals surface area (Å²) in [6, 6.07) is 3.99. The highest BCUT2D eigenvalue weighted by Gasteiger charge is 2.58. The maximum Gasteiger partial charge on any atom is 0.162 e. The molecule has 0 unspecified atom stereocenters. The zero-order chi connectivity index (χ0) is 21.8. The lowest BCUT2D eigenvalue weighted by molar-refractivity contribution is -0.109. The minimum atomic E-state index is -0.372. The molecule has 4 heteroatoms. The van der Waals surface area contributed by atoms with Crippen LogP contribution in [0.15, 0.2) is 12.3 Å². The maximum absolute atomic E-state index is 10.9. The number of hydrogen-bond donors (Lipinski definition) is 1. The summed E-state index contributed by atoms with van der Waals surface area (Å²) < 4.78 is 1.99. The Morgan fingerprint density at radius 1 is 1.16 bits per heavy atom. The Balaban J connectivity index is 1.29. The van der Waals surface area contributed by atoms with E-state index in [9.17, 15) is 5.11 Å². The van der Waals surface area contributed by atoms with Crippen LogP contribution >= 0.6 is 0 Å². The van der Waals surface area contributed by atoms with E-state index in [4.69, 9.17) is 5.26 Å². The fourth-order valence-electron chi connectivity index (χ4n) is 9.20. The molecule has 1 aromatic rings. The smallest absolute Gasteiger partial charge is 0.162 e. The quantitative estimate of drug-likeness (QED) is 0.665. The van der Waals surface area contributed by atoms with Gasteiger partial charge < -0.3 is 5.11 Å². The van der Waals surface area contributed by atoms with Crippen molar-refractivity contribution in [2.75, 3.05) is 0 Å². The molecule has 0 spiro atoms. The van der Waals surface area contributed by atoms with E-state index in [1.807, 2.05) is 16.9 Å². The molecule has 0 aromatic carbocycles. The molecule has 5 rings (SSSR count). The number of aliphatic hydroxyl groups is 1. The summed E-state index contributed by atoms with van der Waals surface area (Å²) in [5, 5.41) is 24.4. The van der Waals surface area contributed by atoms with Crippen molar-refractivity contribution in [2.24, 2.45) is 46.8 Å². The van der Waals surface area contributed by atoms with Gasteiger partial charge >= 0.3 is 0 Å². The van der Waals surface area contributed by atoms with Gasteiger partial charge in [0.25, 0.3) is 0 Å². The molecule has 4 fully saturated rings. The molecule has 4 saturated carbocycles. The van der Waals surface area contributed by atoms with Crippen molar-refractivity contribution in [2.45, 2.75) is 97.1 Å². The van der Waals surface area contributed by atoms with E-state index in [-0.39, 0.29) is 5.60 Å². The highest BCUT2D eigenvalue weighted by molar-refractivity contribution is 5.16. The third kappa shape index (κ3) is 3.56. The first-order valence-corrected chi connectivity index (χ1v) is 13.0. The van der Waals surface area contributed by atoms with Gasteiger partial charge in [-0.25, -0.2) is 0 Å². The van der Waals surface area contributed by atoms with Gasteiger partial charge in [-0.3, -0.25) is 4.68 Å². The van der Waals surface area contributed by atoms with Gasteiger partial charge in [-0.15, -0.1) is 0 Å². The zero-order valence-corrected chi connectivity index (χ0v) is 19.8. The molecule has 0 aliphatic heterocycles. The minimum absolute atomic E-state index is 0.372. The average Bonchev–Trinajstić information content (AvgIpc) is 3.36. The minimum Gasteiger partial charge on any atom is -0.390 e. The lowest BCUT2D eigenvalue weighted by Crippen LogP contribution is -2.51. The van der Waals surface area contributed by atoms with Crippen molar-refractivity contribution in [3.8, 4) is 6.07 Å². The average molecular weight is 424 g/mol. The Labute approximate surface area is 188 Å². The monoisotopic (exact) mass is 423 g/mol. The van der Waals surface area contributed by atoms with E-state index < -0.39 is 0 Å². The summed E-state index contributed by atoms with van der Waals surface area (Å²) in [6.07, 6.45) is 14.6. The molecule has 4 nitrogen and oxygen atoms in total. The molecule has 0 bridgehead atoms. The second-order valence-corrected chi connectivity index (χ2v) is 12.0. The summed E-state index contributed by atoms with van der Waals surface area (Å²) in [5.74, 6) is 5.73. The third-order valence-corrected chi connectivity index (χ3v) is 10.8. The van der Waals surface area contributed by atoms with Gasteiger partial charge in [-0.1, -0.05) is 20.8 Å².